The van der Waals surface area contributed by atoms with Gasteiger partial charge in [-0.1, -0.05) is 12.1 Å². The highest BCUT2D eigenvalue weighted by Crippen LogP contribution is 2.26. The number of benzene rings is 1. The van der Waals surface area contributed by atoms with Crippen molar-refractivity contribution in [2.24, 2.45) is 0 Å². The van der Waals surface area contributed by atoms with Crippen LogP contribution in [0.25, 0.3) is 0 Å². The first kappa shape index (κ1) is 13.5. The van der Waals surface area contributed by atoms with Crippen LogP contribution in [-0.2, 0) is 9.53 Å². The fourth-order valence-corrected chi connectivity index (χ4v) is 1.48. The molecule has 0 saturated carbocycles. The summed E-state index contributed by atoms with van der Waals surface area (Å²) in [5.41, 5.74) is 2.12. The van der Waals surface area contributed by atoms with Crippen LogP contribution in [-0.4, -0.2) is 26.7 Å². The van der Waals surface area contributed by atoms with Crippen LogP contribution in [0.15, 0.2) is 18.2 Å². The van der Waals surface area contributed by atoms with E-state index >= 15 is 0 Å². The van der Waals surface area contributed by atoms with E-state index in [4.69, 9.17) is 4.74 Å². The molecular weight excluding hydrogens is 218 g/mol. The Morgan fingerprint density at radius 2 is 2.18 bits per heavy atom. The van der Waals surface area contributed by atoms with Crippen LogP contribution in [0.1, 0.15) is 24.1 Å². The Morgan fingerprint density at radius 1 is 1.47 bits per heavy atom. The summed E-state index contributed by atoms with van der Waals surface area (Å²) in [6.07, 6.45) is 0. The van der Waals surface area contributed by atoms with Crippen LogP contribution in [0.4, 0.5) is 0 Å². The van der Waals surface area contributed by atoms with Gasteiger partial charge < -0.3 is 14.8 Å². The number of methoxy groups -OCH3 is 1. The Morgan fingerprint density at radius 3 is 2.76 bits per heavy atom. The summed E-state index contributed by atoms with van der Waals surface area (Å²) in [5.74, 6) is 0.340. The van der Waals surface area contributed by atoms with Crippen LogP contribution >= 0.6 is 0 Å². The SMILES string of the molecule is CNC(C)c1ccc(C)cc1OCC(=O)OC. The number of esters is 1. The molecule has 0 fully saturated rings. The van der Waals surface area contributed by atoms with Crippen molar-refractivity contribution in [1.29, 1.82) is 0 Å². The summed E-state index contributed by atoms with van der Waals surface area (Å²) >= 11 is 0. The molecular formula is C13H19NO3. The second-order valence-electron chi connectivity index (χ2n) is 3.92. The van der Waals surface area contributed by atoms with E-state index in [1.54, 1.807) is 0 Å². The van der Waals surface area contributed by atoms with Gasteiger partial charge in [-0.15, -0.1) is 0 Å². The van der Waals surface area contributed by atoms with Crippen LogP contribution in [0.3, 0.4) is 0 Å². The normalized spacial score (nSPS) is 12.0. The van der Waals surface area contributed by atoms with Crippen molar-refractivity contribution in [3.05, 3.63) is 29.3 Å². The molecule has 0 aliphatic carbocycles. The van der Waals surface area contributed by atoms with E-state index in [2.05, 4.69) is 10.1 Å². The lowest BCUT2D eigenvalue weighted by atomic mass is 10.1. The minimum absolute atomic E-state index is 0.0661. The zero-order valence-corrected chi connectivity index (χ0v) is 10.7. The van der Waals surface area contributed by atoms with Gasteiger partial charge in [0.25, 0.3) is 0 Å². The van der Waals surface area contributed by atoms with Gasteiger partial charge in [-0.05, 0) is 32.5 Å². The summed E-state index contributed by atoms with van der Waals surface area (Å²) in [6.45, 7) is 3.96. The molecule has 0 bridgehead atoms. The number of rotatable bonds is 5. The van der Waals surface area contributed by atoms with Crippen molar-refractivity contribution >= 4 is 5.97 Å². The molecule has 1 aromatic rings. The first-order valence-corrected chi connectivity index (χ1v) is 5.56. The van der Waals surface area contributed by atoms with Gasteiger partial charge in [-0.25, -0.2) is 4.79 Å². The third-order valence-corrected chi connectivity index (χ3v) is 2.64. The molecule has 1 aromatic carbocycles. The minimum Gasteiger partial charge on any atom is -0.482 e. The summed E-state index contributed by atoms with van der Waals surface area (Å²) in [6, 6.07) is 6.12. The van der Waals surface area contributed by atoms with Crippen molar-refractivity contribution in [2.45, 2.75) is 19.9 Å². The van der Waals surface area contributed by atoms with Gasteiger partial charge >= 0.3 is 5.97 Å². The van der Waals surface area contributed by atoms with Crippen LogP contribution in [0.5, 0.6) is 5.75 Å². The molecule has 0 spiro atoms. The average molecular weight is 237 g/mol. The highest BCUT2D eigenvalue weighted by molar-refractivity contribution is 5.71. The summed E-state index contributed by atoms with van der Waals surface area (Å²) in [7, 11) is 3.23. The number of carbonyl (C=O) groups is 1. The highest BCUT2D eigenvalue weighted by atomic mass is 16.6. The largest absolute Gasteiger partial charge is 0.482 e. The van der Waals surface area contributed by atoms with Gasteiger partial charge in [-0.3, -0.25) is 0 Å². The molecule has 17 heavy (non-hydrogen) atoms. The minimum atomic E-state index is -0.380. The Balaban J connectivity index is 2.87. The van der Waals surface area contributed by atoms with E-state index in [9.17, 15) is 4.79 Å². The molecule has 0 saturated heterocycles. The maximum Gasteiger partial charge on any atom is 0.343 e. The number of carbonyl (C=O) groups excluding carboxylic acids is 1. The molecule has 0 aliphatic heterocycles. The van der Waals surface area contributed by atoms with E-state index in [1.165, 1.54) is 7.11 Å². The van der Waals surface area contributed by atoms with Crippen LogP contribution in [0, 0.1) is 6.92 Å². The Hall–Kier alpha value is -1.55. The van der Waals surface area contributed by atoms with Gasteiger partial charge in [0, 0.05) is 11.6 Å². The predicted octanol–water partition coefficient (Wildman–Crippen LogP) is 1.83. The third kappa shape index (κ3) is 3.75. The summed E-state index contributed by atoms with van der Waals surface area (Å²) < 4.78 is 10.0. The molecule has 0 heterocycles. The molecule has 1 unspecified atom stereocenters. The monoisotopic (exact) mass is 237 g/mol. The smallest absolute Gasteiger partial charge is 0.343 e. The van der Waals surface area contributed by atoms with E-state index in [-0.39, 0.29) is 18.6 Å². The maximum atomic E-state index is 11.1. The lowest BCUT2D eigenvalue weighted by Gasteiger charge is -2.16. The topological polar surface area (TPSA) is 47.6 Å². The first-order valence-electron chi connectivity index (χ1n) is 5.56. The third-order valence-electron chi connectivity index (χ3n) is 2.64. The molecule has 4 heteroatoms. The van der Waals surface area contributed by atoms with Gasteiger partial charge in [-0.2, -0.15) is 0 Å². The summed E-state index contributed by atoms with van der Waals surface area (Å²) in [4.78, 5) is 11.1. The number of nitrogens with one attached hydrogen (secondary N) is 1. The van der Waals surface area contributed by atoms with Gasteiger partial charge in [0.1, 0.15) is 5.75 Å². The molecule has 0 aliphatic rings. The summed E-state index contributed by atoms with van der Waals surface area (Å²) in [5, 5.41) is 3.15. The van der Waals surface area contributed by atoms with E-state index in [1.807, 2.05) is 39.1 Å². The average Bonchev–Trinajstić information content (AvgIpc) is 2.35. The maximum absolute atomic E-state index is 11.1. The lowest BCUT2D eigenvalue weighted by molar-refractivity contribution is -0.142. The molecule has 94 valence electrons. The van der Waals surface area contributed by atoms with Gasteiger partial charge in [0.15, 0.2) is 6.61 Å². The number of hydrogen-bond acceptors (Lipinski definition) is 4. The van der Waals surface area contributed by atoms with Gasteiger partial charge in [0.05, 0.1) is 7.11 Å². The highest BCUT2D eigenvalue weighted by Gasteiger charge is 2.11. The van der Waals surface area contributed by atoms with Crippen molar-refractivity contribution in [3.63, 3.8) is 0 Å². The number of aryl methyl sites for hydroxylation is 1. The number of ether oxygens (including phenoxy) is 2. The second-order valence-corrected chi connectivity index (χ2v) is 3.92. The number of hydrogen-bond donors (Lipinski definition) is 1. The van der Waals surface area contributed by atoms with Crippen molar-refractivity contribution in [1.82, 2.24) is 5.32 Å². The Bertz CT molecular complexity index is 390. The Kier molecular flexibility index (Phi) is 4.97. The molecule has 0 aromatic heterocycles. The zero-order valence-electron chi connectivity index (χ0n) is 10.7. The first-order chi connectivity index (χ1) is 8.08. The van der Waals surface area contributed by atoms with Crippen molar-refractivity contribution < 1.29 is 14.3 Å². The van der Waals surface area contributed by atoms with Crippen LogP contribution in [0.2, 0.25) is 0 Å². The molecule has 1 atom stereocenters. The molecule has 0 radical (unpaired) electrons. The van der Waals surface area contributed by atoms with E-state index < -0.39 is 0 Å². The molecule has 4 nitrogen and oxygen atoms in total. The van der Waals surface area contributed by atoms with E-state index in [0.29, 0.717) is 0 Å². The van der Waals surface area contributed by atoms with Crippen molar-refractivity contribution in [2.75, 3.05) is 20.8 Å². The van der Waals surface area contributed by atoms with E-state index in [0.717, 1.165) is 16.9 Å². The second kappa shape index (κ2) is 6.25. The molecule has 1 N–H and O–H groups in total. The fraction of sp³-hybridized carbons (Fsp3) is 0.462. The zero-order chi connectivity index (χ0) is 12.8. The molecule has 1 rings (SSSR count). The predicted molar refractivity (Wildman–Crippen MR) is 66.2 cm³/mol. The fourth-order valence-electron chi connectivity index (χ4n) is 1.48. The Labute approximate surface area is 102 Å². The van der Waals surface area contributed by atoms with Gasteiger partial charge in [0.2, 0.25) is 0 Å². The lowest BCUT2D eigenvalue weighted by Crippen LogP contribution is -2.17. The van der Waals surface area contributed by atoms with Crippen molar-refractivity contribution in [3.8, 4) is 5.75 Å². The standard InChI is InChI=1S/C13H19NO3/c1-9-5-6-11(10(2)14-3)12(7-9)17-8-13(15)16-4/h5-7,10,14H,8H2,1-4H3. The quantitative estimate of drug-likeness (QED) is 0.794. The molecule has 0 amide bonds. The van der Waals surface area contributed by atoms with Crippen LogP contribution < -0.4 is 10.1 Å².